The van der Waals surface area contributed by atoms with E-state index in [4.69, 9.17) is 11.6 Å². The van der Waals surface area contributed by atoms with E-state index >= 15 is 0 Å². The van der Waals surface area contributed by atoms with E-state index in [-0.39, 0.29) is 17.7 Å². The normalized spacial score (nSPS) is 14.8. The molecule has 2 aromatic carbocycles. The van der Waals surface area contributed by atoms with Crippen LogP contribution in [0.25, 0.3) is 0 Å². The van der Waals surface area contributed by atoms with Crippen molar-refractivity contribution in [2.75, 3.05) is 23.3 Å². The summed E-state index contributed by atoms with van der Waals surface area (Å²) in [6.07, 6.45) is 2.44. The van der Waals surface area contributed by atoms with Crippen LogP contribution in [-0.4, -0.2) is 30.9 Å². The van der Waals surface area contributed by atoms with E-state index in [0.29, 0.717) is 16.3 Å². The van der Waals surface area contributed by atoms with Crippen LogP contribution in [0.2, 0.25) is 5.02 Å². The van der Waals surface area contributed by atoms with Crippen LogP contribution in [0, 0.1) is 5.92 Å². The molecule has 6 heteroatoms. The lowest BCUT2D eigenvalue weighted by Crippen LogP contribution is -2.47. The number of anilines is 2. The summed E-state index contributed by atoms with van der Waals surface area (Å²) < 4.78 is 0. The summed E-state index contributed by atoms with van der Waals surface area (Å²) >= 11 is 6.09. The zero-order chi connectivity index (χ0) is 20.1. The molecule has 148 valence electrons. The van der Waals surface area contributed by atoms with Crippen LogP contribution >= 0.6 is 11.6 Å². The first-order valence-electron chi connectivity index (χ1n) is 9.67. The van der Waals surface area contributed by atoms with Crippen molar-refractivity contribution in [2.24, 2.45) is 5.92 Å². The third kappa shape index (κ3) is 4.84. The Kier molecular flexibility index (Phi) is 6.57. The highest BCUT2D eigenvalue weighted by Gasteiger charge is 2.25. The van der Waals surface area contributed by atoms with Gasteiger partial charge in [0.05, 0.1) is 10.6 Å². The second-order valence-electron chi connectivity index (χ2n) is 7.41. The molecule has 1 saturated heterocycles. The number of amides is 2. The Morgan fingerprint density at radius 1 is 1.00 bits per heavy atom. The summed E-state index contributed by atoms with van der Waals surface area (Å²) in [7, 11) is 0. The summed E-state index contributed by atoms with van der Waals surface area (Å²) in [6.45, 7) is 5.95. The smallest absolute Gasteiger partial charge is 0.253 e. The Labute approximate surface area is 171 Å². The Morgan fingerprint density at radius 3 is 2.25 bits per heavy atom. The predicted molar refractivity (Wildman–Crippen MR) is 114 cm³/mol. The van der Waals surface area contributed by atoms with Crippen molar-refractivity contribution >= 4 is 34.8 Å². The number of hydrogen-bond donors (Lipinski definition) is 2. The third-order valence-corrected chi connectivity index (χ3v) is 5.29. The number of carbonyl (C=O) groups is 2. The molecule has 2 aromatic rings. The molecule has 28 heavy (non-hydrogen) atoms. The lowest BCUT2D eigenvalue weighted by Gasteiger charge is -2.22. The quantitative estimate of drug-likeness (QED) is 0.759. The second kappa shape index (κ2) is 9.11. The van der Waals surface area contributed by atoms with Gasteiger partial charge in [-0.25, -0.2) is 0 Å². The fourth-order valence-electron chi connectivity index (χ4n) is 3.35. The molecule has 0 aromatic heterocycles. The third-order valence-electron chi connectivity index (χ3n) is 4.96. The molecule has 0 saturated carbocycles. The number of rotatable bonds is 6. The van der Waals surface area contributed by atoms with E-state index in [0.717, 1.165) is 13.1 Å². The standard InChI is InChI=1S/C22H26ClN3O2/c1-15(2)20(25-21(27)18-7-3-4-8-19(18)23)22(28)24-16-9-11-17(12-10-16)26-13-5-6-14-26/h3-4,7-12,15,20H,5-6,13-14H2,1-2H3,(H,24,28)(H,25,27). The van der Waals surface area contributed by atoms with E-state index in [2.05, 4.69) is 15.5 Å². The molecule has 1 aliphatic rings. The summed E-state index contributed by atoms with van der Waals surface area (Å²) in [4.78, 5) is 27.7. The van der Waals surface area contributed by atoms with Gasteiger partial charge < -0.3 is 15.5 Å². The van der Waals surface area contributed by atoms with Gasteiger partial charge in [0.25, 0.3) is 5.91 Å². The van der Waals surface area contributed by atoms with Gasteiger partial charge in [-0.3, -0.25) is 9.59 Å². The van der Waals surface area contributed by atoms with Crippen LogP contribution < -0.4 is 15.5 Å². The van der Waals surface area contributed by atoms with Crippen LogP contribution in [0.3, 0.4) is 0 Å². The van der Waals surface area contributed by atoms with Gasteiger partial charge in [0.1, 0.15) is 6.04 Å². The number of benzene rings is 2. The molecule has 1 aliphatic heterocycles. The lowest BCUT2D eigenvalue weighted by atomic mass is 10.0. The molecule has 1 heterocycles. The van der Waals surface area contributed by atoms with Gasteiger partial charge in [0.15, 0.2) is 0 Å². The first kappa shape index (κ1) is 20.2. The predicted octanol–water partition coefficient (Wildman–Crippen LogP) is 4.33. The average molecular weight is 400 g/mol. The second-order valence-corrected chi connectivity index (χ2v) is 7.81. The van der Waals surface area contributed by atoms with Crippen molar-refractivity contribution in [2.45, 2.75) is 32.7 Å². The van der Waals surface area contributed by atoms with Crippen molar-refractivity contribution < 1.29 is 9.59 Å². The Balaban J connectivity index is 1.66. The van der Waals surface area contributed by atoms with Crippen molar-refractivity contribution in [1.29, 1.82) is 0 Å². The van der Waals surface area contributed by atoms with E-state index in [9.17, 15) is 9.59 Å². The Hall–Kier alpha value is -2.53. The minimum absolute atomic E-state index is 0.0738. The van der Waals surface area contributed by atoms with Crippen molar-refractivity contribution in [3.8, 4) is 0 Å². The minimum Gasteiger partial charge on any atom is -0.372 e. The number of nitrogens with one attached hydrogen (secondary N) is 2. The van der Waals surface area contributed by atoms with Crippen molar-refractivity contribution in [3.63, 3.8) is 0 Å². The van der Waals surface area contributed by atoms with Crippen molar-refractivity contribution in [1.82, 2.24) is 5.32 Å². The monoisotopic (exact) mass is 399 g/mol. The van der Waals surface area contributed by atoms with Gasteiger partial charge in [-0.05, 0) is 55.2 Å². The highest BCUT2D eigenvalue weighted by Crippen LogP contribution is 2.22. The number of hydrogen-bond acceptors (Lipinski definition) is 3. The Morgan fingerprint density at radius 2 is 1.64 bits per heavy atom. The summed E-state index contributed by atoms with van der Waals surface area (Å²) in [5.74, 6) is -0.677. The summed E-state index contributed by atoms with van der Waals surface area (Å²) in [5.41, 5.74) is 2.24. The topological polar surface area (TPSA) is 61.4 Å². The number of nitrogens with zero attached hydrogens (tertiary/aromatic N) is 1. The van der Waals surface area contributed by atoms with Crippen LogP contribution in [0.1, 0.15) is 37.0 Å². The molecule has 0 radical (unpaired) electrons. The molecule has 0 spiro atoms. The van der Waals surface area contributed by atoms with E-state index < -0.39 is 6.04 Å². The maximum Gasteiger partial charge on any atom is 0.253 e. The average Bonchev–Trinajstić information content (AvgIpc) is 3.21. The maximum absolute atomic E-state index is 12.8. The van der Waals surface area contributed by atoms with Crippen LogP contribution in [0.5, 0.6) is 0 Å². The van der Waals surface area contributed by atoms with Gasteiger partial charge in [-0.2, -0.15) is 0 Å². The molecule has 2 N–H and O–H groups in total. The minimum atomic E-state index is -0.665. The van der Waals surface area contributed by atoms with Crippen LogP contribution in [0.4, 0.5) is 11.4 Å². The van der Waals surface area contributed by atoms with Gasteiger partial charge in [-0.1, -0.05) is 37.6 Å². The van der Waals surface area contributed by atoms with Gasteiger partial charge in [0.2, 0.25) is 5.91 Å². The van der Waals surface area contributed by atoms with Crippen molar-refractivity contribution in [3.05, 3.63) is 59.1 Å². The first-order chi connectivity index (χ1) is 13.5. The van der Waals surface area contributed by atoms with Crippen LogP contribution in [0.15, 0.2) is 48.5 Å². The fraction of sp³-hybridized carbons (Fsp3) is 0.364. The summed E-state index contributed by atoms with van der Waals surface area (Å²) in [5, 5.41) is 6.08. The van der Waals surface area contributed by atoms with E-state index in [1.807, 2.05) is 38.1 Å². The SMILES string of the molecule is CC(C)C(NC(=O)c1ccccc1Cl)C(=O)Nc1ccc(N2CCCC2)cc1. The van der Waals surface area contributed by atoms with E-state index in [1.165, 1.54) is 18.5 Å². The lowest BCUT2D eigenvalue weighted by molar-refractivity contribution is -0.118. The molecule has 0 aliphatic carbocycles. The van der Waals surface area contributed by atoms with E-state index in [1.54, 1.807) is 24.3 Å². The zero-order valence-electron chi connectivity index (χ0n) is 16.2. The van der Waals surface area contributed by atoms with Gasteiger partial charge >= 0.3 is 0 Å². The molecule has 1 atom stereocenters. The molecule has 1 fully saturated rings. The number of carbonyl (C=O) groups excluding carboxylic acids is 2. The van der Waals surface area contributed by atoms with Crippen LogP contribution in [-0.2, 0) is 4.79 Å². The molecule has 5 nitrogen and oxygen atoms in total. The molecule has 0 bridgehead atoms. The molecule has 1 unspecified atom stereocenters. The molecule has 2 amide bonds. The van der Waals surface area contributed by atoms with Gasteiger partial charge in [0, 0.05) is 24.5 Å². The molecule has 3 rings (SSSR count). The molecular formula is C22H26ClN3O2. The van der Waals surface area contributed by atoms with Gasteiger partial charge in [-0.15, -0.1) is 0 Å². The molecular weight excluding hydrogens is 374 g/mol. The first-order valence-corrected chi connectivity index (χ1v) is 10.0. The zero-order valence-corrected chi connectivity index (χ0v) is 17.0. The summed E-state index contributed by atoms with van der Waals surface area (Å²) in [6, 6.07) is 14.0. The highest BCUT2D eigenvalue weighted by atomic mass is 35.5. The fourth-order valence-corrected chi connectivity index (χ4v) is 3.57. The Bertz CT molecular complexity index is 830. The number of halogens is 1. The maximum atomic E-state index is 12.8. The highest BCUT2D eigenvalue weighted by molar-refractivity contribution is 6.33. The largest absolute Gasteiger partial charge is 0.372 e.